The van der Waals surface area contributed by atoms with Gasteiger partial charge in [-0.2, -0.15) is 0 Å². The van der Waals surface area contributed by atoms with Crippen LogP contribution in [-0.4, -0.2) is 23.5 Å². The van der Waals surface area contributed by atoms with Crippen LogP contribution in [0.4, 0.5) is 0 Å². The minimum Gasteiger partial charge on any atom is -0.481 e. The molecule has 4 nitrogen and oxygen atoms in total. The Morgan fingerprint density at radius 1 is 1.33 bits per heavy atom. The van der Waals surface area contributed by atoms with Crippen molar-refractivity contribution < 1.29 is 14.7 Å². The largest absolute Gasteiger partial charge is 0.481 e. The second-order valence-corrected chi connectivity index (χ2v) is 3.90. The van der Waals surface area contributed by atoms with E-state index in [1.165, 1.54) is 0 Å². The lowest BCUT2D eigenvalue weighted by Crippen LogP contribution is -2.25. The van der Waals surface area contributed by atoms with Crippen molar-refractivity contribution in [2.75, 3.05) is 6.54 Å². The molecule has 0 radical (unpaired) electrons. The van der Waals surface area contributed by atoms with E-state index in [2.05, 4.69) is 17.2 Å². The Bertz CT molecular complexity index is 471. The summed E-state index contributed by atoms with van der Waals surface area (Å²) in [6, 6.07) is 9.19. The zero-order valence-electron chi connectivity index (χ0n) is 10.1. The second kappa shape index (κ2) is 7.13. The van der Waals surface area contributed by atoms with E-state index in [0.717, 1.165) is 5.56 Å². The van der Waals surface area contributed by atoms with Crippen LogP contribution in [0.5, 0.6) is 0 Å². The van der Waals surface area contributed by atoms with Crippen LogP contribution < -0.4 is 5.32 Å². The molecule has 1 rings (SSSR count). The molecule has 2 N–H and O–H groups in total. The van der Waals surface area contributed by atoms with Gasteiger partial charge in [-0.3, -0.25) is 9.59 Å². The molecule has 1 atom stereocenters. The third-order valence-electron chi connectivity index (χ3n) is 2.38. The second-order valence-electron chi connectivity index (χ2n) is 3.90. The zero-order valence-corrected chi connectivity index (χ0v) is 10.1. The lowest BCUT2D eigenvalue weighted by Gasteiger charge is -2.04. The third-order valence-corrected chi connectivity index (χ3v) is 2.38. The molecule has 0 saturated heterocycles. The molecule has 4 heteroatoms. The summed E-state index contributed by atoms with van der Waals surface area (Å²) >= 11 is 0. The van der Waals surface area contributed by atoms with Gasteiger partial charge in [0.05, 0.1) is 5.92 Å². The topological polar surface area (TPSA) is 66.4 Å². The van der Waals surface area contributed by atoms with E-state index in [-0.39, 0.29) is 0 Å². The standard InChI is InChI=1S/C14H15NO3/c1-11(14(17)18)9-10-15-13(16)8-7-12-5-3-2-4-6-12/h2-6,11H,9-10H2,1H3,(H,15,16)(H,17,18). The van der Waals surface area contributed by atoms with Crippen molar-refractivity contribution in [1.82, 2.24) is 5.32 Å². The molecule has 1 aromatic rings. The molecular formula is C14H15NO3. The highest BCUT2D eigenvalue weighted by Crippen LogP contribution is 1.99. The van der Waals surface area contributed by atoms with E-state index in [1.807, 2.05) is 30.3 Å². The first-order valence-corrected chi connectivity index (χ1v) is 5.67. The maximum Gasteiger partial charge on any atom is 0.306 e. The number of carboxylic acids is 1. The number of hydrogen-bond donors (Lipinski definition) is 2. The summed E-state index contributed by atoms with van der Waals surface area (Å²) in [6.45, 7) is 1.92. The van der Waals surface area contributed by atoms with E-state index < -0.39 is 17.8 Å². The van der Waals surface area contributed by atoms with Gasteiger partial charge < -0.3 is 10.4 Å². The first-order valence-electron chi connectivity index (χ1n) is 5.67. The van der Waals surface area contributed by atoms with Gasteiger partial charge in [0.2, 0.25) is 0 Å². The number of carboxylic acid groups (broad SMARTS) is 1. The zero-order chi connectivity index (χ0) is 13.4. The smallest absolute Gasteiger partial charge is 0.306 e. The summed E-state index contributed by atoms with van der Waals surface area (Å²) in [5.41, 5.74) is 0.770. The average Bonchev–Trinajstić information content (AvgIpc) is 2.37. The van der Waals surface area contributed by atoms with E-state index in [9.17, 15) is 9.59 Å². The lowest BCUT2D eigenvalue weighted by atomic mass is 10.1. The van der Waals surface area contributed by atoms with Crippen molar-refractivity contribution in [2.45, 2.75) is 13.3 Å². The fourth-order valence-corrected chi connectivity index (χ4v) is 1.22. The van der Waals surface area contributed by atoms with Crippen LogP contribution in [0.1, 0.15) is 18.9 Å². The predicted molar refractivity (Wildman–Crippen MR) is 67.7 cm³/mol. The molecule has 1 amide bonds. The number of carbonyl (C=O) groups excluding carboxylic acids is 1. The Kier molecular flexibility index (Phi) is 5.46. The fraction of sp³-hybridized carbons (Fsp3) is 0.286. The first-order chi connectivity index (χ1) is 8.59. The third kappa shape index (κ3) is 5.17. The van der Waals surface area contributed by atoms with Crippen LogP contribution >= 0.6 is 0 Å². The number of nitrogens with one attached hydrogen (secondary N) is 1. The van der Waals surface area contributed by atoms with E-state index >= 15 is 0 Å². The van der Waals surface area contributed by atoms with Crippen molar-refractivity contribution in [3.05, 3.63) is 35.9 Å². The number of carbonyl (C=O) groups is 2. The maximum absolute atomic E-state index is 11.3. The van der Waals surface area contributed by atoms with Gasteiger partial charge in [-0.15, -0.1) is 0 Å². The minimum absolute atomic E-state index is 0.315. The van der Waals surface area contributed by atoms with Gasteiger partial charge in [0.15, 0.2) is 0 Å². The van der Waals surface area contributed by atoms with Gasteiger partial charge in [-0.1, -0.05) is 31.0 Å². The summed E-state index contributed by atoms with van der Waals surface area (Å²) in [6.07, 6.45) is 0.397. The van der Waals surface area contributed by atoms with Crippen molar-refractivity contribution >= 4 is 11.9 Å². The molecule has 94 valence electrons. The molecule has 0 aliphatic carbocycles. The van der Waals surface area contributed by atoms with Gasteiger partial charge in [-0.05, 0) is 18.6 Å². The van der Waals surface area contributed by atoms with E-state index in [1.54, 1.807) is 6.92 Å². The molecule has 0 fully saturated rings. The molecule has 1 aromatic carbocycles. The summed E-state index contributed by atoms with van der Waals surface area (Å²) in [7, 11) is 0. The van der Waals surface area contributed by atoms with E-state index in [0.29, 0.717) is 13.0 Å². The minimum atomic E-state index is -0.861. The highest BCUT2D eigenvalue weighted by atomic mass is 16.4. The molecule has 1 unspecified atom stereocenters. The maximum atomic E-state index is 11.3. The van der Waals surface area contributed by atoms with E-state index in [4.69, 9.17) is 5.11 Å². The quantitative estimate of drug-likeness (QED) is 0.785. The first kappa shape index (κ1) is 13.8. The Balaban J connectivity index is 2.35. The van der Waals surface area contributed by atoms with Crippen molar-refractivity contribution in [2.24, 2.45) is 5.92 Å². The van der Waals surface area contributed by atoms with Crippen molar-refractivity contribution in [3.8, 4) is 11.8 Å². The molecule has 0 aliphatic heterocycles. The van der Waals surface area contributed by atoms with Crippen LogP contribution in [0, 0.1) is 17.8 Å². The Labute approximate surface area is 106 Å². The highest BCUT2D eigenvalue weighted by Gasteiger charge is 2.09. The number of benzene rings is 1. The van der Waals surface area contributed by atoms with Gasteiger partial charge in [0.25, 0.3) is 5.91 Å². The summed E-state index contributed by atoms with van der Waals surface area (Å²) in [5, 5.41) is 11.2. The molecule has 0 bridgehead atoms. The van der Waals surface area contributed by atoms with Crippen LogP contribution in [0.2, 0.25) is 0 Å². The normalized spacial score (nSPS) is 10.9. The molecule has 0 aliphatic rings. The molecule has 18 heavy (non-hydrogen) atoms. The number of hydrogen-bond acceptors (Lipinski definition) is 2. The van der Waals surface area contributed by atoms with Gasteiger partial charge >= 0.3 is 5.97 Å². The Morgan fingerprint density at radius 2 is 2.00 bits per heavy atom. The molecule has 0 saturated carbocycles. The van der Waals surface area contributed by atoms with Gasteiger partial charge in [-0.25, -0.2) is 0 Å². The van der Waals surface area contributed by atoms with Crippen LogP contribution in [-0.2, 0) is 9.59 Å². The molecule has 0 aromatic heterocycles. The predicted octanol–water partition coefficient (Wildman–Crippen LogP) is 1.27. The number of aliphatic carboxylic acids is 1. The van der Waals surface area contributed by atoms with Crippen LogP contribution in [0.3, 0.4) is 0 Å². The number of amides is 1. The lowest BCUT2D eigenvalue weighted by molar-refractivity contribution is -0.141. The summed E-state index contributed by atoms with van der Waals surface area (Å²) in [4.78, 5) is 21.9. The fourth-order valence-electron chi connectivity index (χ4n) is 1.22. The highest BCUT2D eigenvalue weighted by molar-refractivity contribution is 5.94. The average molecular weight is 245 g/mol. The Hall–Kier alpha value is -2.28. The molecule has 0 spiro atoms. The Morgan fingerprint density at radius 3 is 2.61 bits per heavy atom. The summed E-state index contributed by atoms with van der Waals surface area (Å²) < 4.78 is 0. The molecule has 0 heterocycles. The SMILES string of the molecule is CC(CCNC(=O)C#Cc1ccccc1)C(=O)O. The van der Waals surface area contributed by atoms with Crippen molar-refractivity contribution in [1.29, 1.82) is 0 Å². The van der Waals surface area contributed by atoms with Gasteiger partial charge in [0, 0.05) is 18.0 Å². The number of rotatable bonds is 4. The van der Waals surface area contributed by atoms with Crippen LogP contribution in [0.25, 0.3) is 0 Å². The van der Waals surface area contributed by atoms with Gasteiger partial charge in [0.1, 0.15) is 0 Å². The summed E-state index contributed by atoms with van der Waals surface area (Å²) in [5.74, 6) is 3.46. The molecular weight excluding hydrogens is 230 g/mol. The monoisotopic (exact) mass is 245 g/mol. The van der Waals surface area contributed by atoms with Crippen molar-refractivity contribution in [3.63, 3.8) is 0 Å². The van der Waals surface area contributed by atoms with Crippen LogP contribution in [0.15, 0.2) is 30.3 Å².